The highest BCUT2D eigenvalue weighted by atomic mass is 16.5. The van der Waals surface area contributed by atoms with Crippen molar-refractivity contribution < 1.29 is 9.53 Å². The summed E-state index contributed by atoms with van der Waals surface area (Å²) >= 11 is 0. The number of benzene rings is 1. The van der Waals surface area contributed by atoms with Crippen LogP contribution < -0.4 is 10.6 Å². The number of aromatic nitrogens is 3. The molecule has 0 saturated heterocycles. The minimum absolute atomic E-state index is 0.307. The van der Waals surface area contributed by atoms with Crippen molar-refractivity contribution in [1.82, 2.24) is 20.1 Å². The molecule has 0 atom stereocenters. The number of likely N-dealkylation sites (N-methyl/N-ethyl adjacent to an activating group) is 1. The van der Waals surface area contributed by atoms with E-state index in [0.29, 0.717) is 29.6 Å². The zero-order valence-electron chi connectivity index (χ0n) is 14.1. The van der Waals surface area contributed by atoms with Crippen LogP contribution in [-0.4, -0.2) is 59.8 Å². The number of hydrogen-bond acceptors (Lipinski definition) is 8. The molecule has 1 aromatic carbocycles. The third kappa shape index (κ3) is 5.17. The zero-order valence-corrected chi connectivity index (χ0v) is 14.1. The molecule has 128 valence electrons. The molecule has 0 bridgehead atoms. The molecule has 1 aromatic heterocycles. The van der Waals surface area contributed by atoms with Gasteiger partial charge in [-0.2, -0.15) is 10.1 Å². The number of carbonyl (C=O) groups excluding carboxylic acids is 1. The predicted octanol–water partition coefficient (Wildman–Crippen LogP) is 1.77. The van der Waals surface area contributed by atoms with E-state index in [1.54, 1.807) is 31.3 Å². The van der Waals surface area contributed by atoms with Crippen LogP contribution in [0.1, 0.15) is 17.3 Å². The van der Waals surface area contributed by atoms with E-state index in [-0.39, 0.29) is 0 Å². The highest BCUT2D eigenvalue weighted by molar-refractivity contribution is 5.96. The molecule has 0 radical (unpaired) electrons. The van der Waals surface area contributed by atoms with Crippen LogP contribution in [0.2, 0.25) is 0 Å². The van der Waals surface area contributed by atoms with Gasteiger partial charge in [0.1, 0.15) is 0 Å². The molecule has 0 aliphatic rings. The van der Waals surface area contributed by atoms with Gasteiger partial charge in [-0.3, -0.25) is 0 Å². The summed E-state index contributed by atoms with van der Waals surface area (Å²) in [6.45, 7) is 3.70. The second-order valence-corrected chi connectivity index (χ2v) is 5.29. The molecule has 0 spiro atoms. The van der Waals surface area contributed by atoms with Crippen LogP contribution in [0.4, 0.5) is 17.5 Å². The number of para-hydroxylation sites is 1. The maximum atomic E-state index is 12.0. The number of rotatable bonds is 8. The minimum Gasteiger partial charge on any atom is -0.462 e. The van der Waals surface area contributed by atoms with E-state index in [9.17, 15) is 4.79 Å². The first-order valence-electron chi connectivity index (χ1n) is 7.71. The van der Waals surface area contributed by atoms with Crippen LogP contribution in [0.5, 0.6) is 0 Å². The normalized spacial score (nSPS) is 10.5. The molecule has 24 heavy (non-hydrogen) atoms. The SMILES string of the molecule is CCOC(=O)c1ccccc1Nc1nncc(NCCN(C)C)n1. The van der Waals surface area contributed by atoms with Crippen LogP contribution in [-0.2, 0) is 4.74 Å². The van der Waals surface area contributed by atoms with Gasteiger partial charge in [0.05, 0.1) is 24.1 Å². The Balaban J connectivity index is 2.10. The third-order valence-electron chi connectivity index (χ3n) is 3.09. The predicted molar refractivity (Wildman–Crippen MR) is 92.6 cm³/mol. The van der Waals surface area contributed by atoms with Gasteiger partial charge in [-0.15, -0.1) is 5.10 Å². The number of carbonyl (C=O) groups is 1. The number of nitrogens with one attached hydrogen (secondary N) is 2. The Bertz CT molecular complexity index is 677. The lowest BCUT2D eigenvalue weighted by molar-refractivity contribution is 0.0527. The lowest BCUT2D eigenvalue weighted by Crippen LogP contribution is -2.21. The van der Waals surface area contributed by atoms with Gasteiger partial charge >= 0.3 is 5.97 Å². The van der Waals surface area contributed by atoms with Gasteiger partial charge in [0.15, 0.2) is 5.82 Å². The summed E-state index contributed by atoms with van der Waals surface area (Å²) in [5, 5.41) is 14.1. The van der Waals surface area contributed by atoms with E-state index < -0.39 is 5.97 Å². The highest BCUT2D eigenvalue weighted by Crippen LogP contribution is 2.19. The number of anilines is 3. The summed E-state index contributed by atoms with van der Waals surface area (Å²) in [6.07, 6.45) is 1.55. The summed E-state index contributed by atoms with van der Waals surface area (Å²) in [4.78, 5) is 18.4. The quantitative estimate of drug-likeness (QED) is 0.708. The molecule has 8 nitrogen and oxygen atoms in total. The maximum Gasteiger partial charge on any atom is 0.340 e. The maximum absolute atomic E-state index is 12.0. The van der Waals surface area contributed by atoms with Crippen LogP contribution in [0.15, 0.2) is 30.5 Å². The van der Waals surface area contributed by atoms with Crippen molar-refractivity contribution in [2.45, 2.75) is 6.92 Å². The lowest BCUT2D eigenvalue weighted by atomic mass is 10.2. The van der Waals surface area contributed by atoms with Crippen LogP contribution in [0.25, 0.3) is 0 Å². The van der Waals surface area contributed by atoms with Gasteiger partial charge in [-0.1, -0.05) is 12.1 Å². The van der Waals surface area contributed by atoms with Crippen molar-refractivity contribution in [3.05, 3.63) is 36.0 Å². The monoisotopic (exact) mass is 330 g/mol. The van der Waals surface area contributed by atoms with Crippen molar-refractivity contribution in [3.8, 4) is 0 Å². The molecule has 0 amide bonds. The first kappa shape index (κ1) is 17.6. The summed E-state index contributed by atoms with van der Waals surface area (Å²) in [5.41, 5.74) is 0.997. The van der Waals surface area contributed by atoms with Crippen molar-refractivity contribution in [1.29, 1.82) is 0 Å². The van der Waals surface area contributed by atoms with Crippen molar-refractivity contribution in [2.24, 2.45) is 0 Å². The van der Waals surface area contributed by atoms with Gasteiger partial charge in [-0.25, -0.2) is 4.79 Å². The van der Waals surface area contributed by atoms with Gasteiger partial charge in [-0.05, 0) is 33.2 Å². The topological polar surface area (TPSA) is 92.3 Å². The summed E-state index contributed by atoms with van der Waals surface area (Å²) < 4.78 is 5.05. The molecule has 2 N–H and O–H groups in total. The van der Waals surface area contributed by atoms with Gasteiger partial charge < -0.3 is 20.3 Å². The van der Waals surface area contributed by atoms with Crippen LogP contribution >= 0.6 is 0 Å². The Labute approximate surface area is 141 Å². The molecular weight excluding hydrogens is 308 g/mol. The molecule has 0 aliphatic heterocycles. The molecule has 0 aliphatic carbocycles. The molecule has 0 fully saturated rings. The van der Waals surface area contributed by atoms with Gasteiger partial charge in [0.2, 0.25) is 5.95 Å². The number of esters is 1. The largest absolute Gasteiger partial charge is 0.462 e. The molecule has 0 saturated carbocycles. The van der Waals surface area contributed by atoms with E-state index in [0.717, 1.165) is 13.1 Å². The molecular formula is C16H22N6O2. The minimum atomic E-state index is -0.395. The first-order chi connectivity index (χ1) is 11.6. The average molecular weight is 330 g/mol. The second-order valence-electron chi connectivity index (χ2n) is 5.29. The van der Waals surface area contributed by atoms with E-state index >= 15 is 0 Å². The van der Waals surface area contributed by atoms with Gasteiger partial charge in [0.25, 0.3) is 0 Å². The zero-order chi connectivity index (χ0) is 17.4. The molecule has 0 unspecified atom stereocenters. The van der Waals surface area contributed by atoms with Crippen LogP contribution in [0, 0.1) is 0 Å². The van der Waals surface area contributed by atoms with E-state index in [1.165, 1.54) is 0 Å². The summed E-state index contributed by atoms with van der Waals surface area (Å²) in [7, 11) is 4.00. The molecule has 2 rings (SSSR count). The fourth-order valence-electron chi connectivity index (χ4n) is 1.95. The van der Waals surface area contributed by atoms with E-state index in [2.05, 4.69) is 30.7 Å². The summed E-state index contributed by atoms with van der Waals surface area (Å²) in [5.74, 6) is 0.526. The van der Waals surface area contributed by atoms with E-state index in [1.807, 2.05) is 20.2 Å². The fourth-order valence-corrected chi connectivity index (χ4v) is 1.95. The smallest absolute Gasteiger partial charge is 0.340 e. The van der Waals surface area contributed by atoms with Crippen molar-refractivity contribution in [2.75, 3.05) is 44.4 Å². The Morgan fingerprint density at radius 1 is 1.29 bits per heavy atom. The van der Waals surface area contributed by atoms with Crippen molar-refractivity contribution >= 4 is 23.4 Å². The van der Waals surface area contributed by atoms with E-state index in [4.69, 9.17) is 4.74 Å². The Kier molecular flexibility index (Phi) is 6.44. The Morgan fingerprint density at radius 2 is 2.08 bits per heavy atom. The number of ether oxygens (including phenoxy) is 1. The van der Waals surface area contributed by atoms with Crippen molar-refractivity contribution in [3.63, 3.8) is 0 Å². The van der Waals surface area contributed by atoms with Crippen LogP contribution in [0.3, 0.4) is 0 Å². The average Bonchev–Trinajstić information content (AvgIpc) is 2.55. The standard InChI is InChI=1S/C16H22N6O2/c1-4-24-15(23)12-7-5-6-8-13(12)19-16-20-14(11-18-21-16)17-9-10-22(2)3/h5-8,11H,4,9-10H2,1-3H3,(H2,17,19,20,21). The molecule has 2 aromatic rings. The summed E-state index contributed by atoms with van der Waals surface area (Å²) in [6, 6.07) is 7.04. The lowest BCUT2D eigenvalue weighted by Gasteiger charge is -2.12. The number of hydrogen-bond donors (Lipinski definition) is 2. The Morgan fingerprint density at radius 3 is 2.83 bits per heavy atom. The molecule has 1 heterocycles. The first-order valence-corrected chi connectivity index (χ1v) is 7.71. The fraction of sp³-hybridized carbons (Fsp3) is 0.375. The third-order valence-corrected chi connectivity index (χ3v) is 3.09. The molecule has 8 heteroatoms. The number of nitrogens with zero attached hydrogens (tertiary/aromatic N) is 4. The second kappa shape index (κ2) is 8.78. The highest BCUT2D eigenvalue weighted by Gasteiger charge is 2.13. The van der Waals surface area contributed by atoms with Gasteiger partial charge in [0, 0.05) is 13.1 Å². The Hall–Kier alpha value is -2.74.